The van der Waals surface area contributed by atoms with Gasteiger partial charge >= 0.3 is 0 Å². The van der Waals surface area contributed by atoms with Crippen LogP contribution in [0.3, 0.4) is 0 Å². The number of rotatable bonds is 6. The zero-order chi connectivity index (χ0) is 15.9. The van der Waals surface area contributed by atoms with Gasteiger partial charge in [-0.2, -0.15) is 10.4 Å². The number of aliphatic hydroxyl groups excluding tert-OH is 1. The summed E-state index contributed by atoms with van der Waals surface area (Å²) < 4.78 is 0. The Hall–Kier alpha value is -2.45. The van der Waals surface area contributed by atoms with Gasteiger partial charge in [0.1, 0.15) is 11.6 Å². The smallest absolute Gasteiger partial charge is 0.166 e. The van der Waals surface area contributed by atoms with Crippen LogP contribution in [0.4, 0.5) is 5.82 Å². The van der Waals surface area contributed by atoms with Crippen molar-refractivity contribution in [1.82, 2.24) is 10.2 Å². The Bertz CT molecular complexity index is 664. The van der Waals surface area contributed by atoms with Crippen molar-refractivity contribution in [3.8, 4) is 6.07 Å². The van der Waals surface area contributed by atoms with Gasteiger partial charge in [-0.3, -0.25) is 0 Å². The van der Waals surface area contributed by atoms with Crippen LogP contribution in [0.5, 0.6) is 0 Å². The number of benzene rings is 1. The summed E-state index contributed by atoms with van der Waals surface area (Å²) in [7, 11) is 0. The second kappa shape index (κ2) is 7.53. The van der Waals surface area contributed by atoms with Crippen LogP contribution in [0.15, 0.2) is 30.3 Å². The van der Waals surface area contributed by atoms with Crippen LogP contribution >= 0.6 is 0 Å². The summed E-state index contributed by atoms with van der Waals surface area (Å²) in [5, 5.41) is 30.1. The van der Waals surface area contributed by atoms with Crippen LogP contribution in [-0.2, 0) is 6.42 Å². The van der Waals surface area contributed by atoms with E-state index in [1.807, 2.05) is 44.2 Å². The van der Waals surface area contributed by atoms with E-state index in [4.69, 9.17) is 0 Å². The number of hydrogen-bond donors (Lipinski definition) is 2. The predicted octanol–water partition coefficient (Wildman–Crippen LogP) is 2.23. The molecule has 0 saturated carbocycles. The molecule has 1 aromatic carbocycles. The van der Waals surface area contributed by atoms with Crippen LogP contribution in [0.1, 0.15) is 22.4 Å². The highest BCUT2D eigenvalue weighted by molar-refractivity contribution is 5.55. The molecule has 0 aliphatic heterocycles. The monoisotopic (exact) mass is 296 g/mol. The van der Waals surface area contributed by atoms with Crippen molar-refractivity contribution in [2.75, 3.05) is 18.5 Å². The van der Waals surface area contributed by atoms with Crippen molar-refractivity contribution < 1.29 is 5.11 Å². The number of nitriles is 1. The third kappa shape index (κ3) is 3.80. The highest BCUT2D eigenvalue weighted by Gasteiger charge is 2.13. The van der Waals surface area contributed by atoms with E-state index < -0.39 is 0 Å². The first-order valence-corrected chi connectivity index (χ1v) is 7.28. The molecule has 2 aromatic rings. The topological polar surface area (TPSA) is 81.8 Å². The third-order valence-corrected chi connectivity index (χ3v) is 3.75. The molecule has 0 fully saturated rings. The highest BCUT2D eigenvalue weighted by Crippen LogP contribution is 2.18. The molecule has 22 heavy (non-hydrogen) atoms. The van der Waals surface area contributed by atoms with Crippen molar-refractivity contribution in [2.45, 2.75) is 20.3 Å². The number of hydrogen-bond acceptors (Lipinski definition) is 5. The first-order valence-electron chi connectivity index (χ1n) is 7.28. The molecule has 114 valence electrons. The van der Waals surface area contributed by atoms with Crippen LogP contribution in [0.25, 0.3) is 0 Å². The maximum atomic E-state index is 9.55. The summed E-state index contributed by atoms with van der Waals surface area (Å²) in [6.45, 7) is 4.30. The quantitative estimate of drug-likeness (QED) is 0.854. The first-order chi connectivity index (χ1) is 10.7. The number of aromatic nitrogens is 2. The number of aliphatic hydroxyl groups is 1. The van der Waals surface area contributed by atoms with Gasteiger partial charge in [0.25, 0.3) is 0 Å². The predicted molar refractivity (Wildman–Crippen MR) is 85.4 cm³/mol. The average molecular weight is 296 g/mol. The van der Waals surface area contributed by atoms with E-state index in [-0.39, 0.29) is 12.5 Å². The standard InChI is InChI=1S/C17H20N4O/c1-12-13(2)20-21-17(16(12)9-18)19-10-15(11-22)8-14-6-4-3-5-7-14/h3-7,15,22H,8,10-11H2,1-2H3,(H,19,21). The average Bonchev–Trinajstić information content (AvgIpc) is 2.55. The maximum Gasteiger partial charge on any atom is 0.166 e. The Morgan fingerprint density at radius 3 is 2.59 bits per heavy atom. The normalized spacial score (nSPS) is 11.7. The summed E-state index contributed by atoms with van der Waals surface area (Å²) in [6.07, 6.45) is 0.768. The maximum absolute atomic E-state index is 9.55. The SMILES string of the molecule is Cc1nnc(NCC(CO)Cc2ccccc2)c(C#N)c1C. The Morgan fingerprint density at radius 2 is 1.95 bits per heavy atom. The minimum atomic E-state index is 0.0531. The molecule has 1 heterocycles. The minimum absolute atomic E-state index is 0.0531. The summed E-state index contributed by atoms with van der Waals surface area (Å²) >= 11 is 0. The zero-order valence-corrected chi connectivity index (χ0v) is 12.9. The third-order valence-electron chi connectivity index (χ3n) is 3.75. The molecule has 1 unspecified atom stereocenters. The summed E-state index contributed by atoms with van der Waals surface area (Å²) in [5.74, 6) is 0.537. The Labute approximate surface area is 130 Å². The van der Waals surface area contributed by atoms with E-state index >= 15 is 0 Å². The number of aryl methyl sites for hydroxylation is 1. The van der Waals surface area contributed by atoms with E-state index in [1.54, 1.807) is 0 Å². The van der Waals surface area contributed by atoms with E-state index in [1.165, 1.54) is 5.56 Å². The Balaban J connectivity index is 2.05. The van der Waals surface area contributed by atoms with Gasteiger partial charge in [0.05, 0.1) is 5.69 Å². The van der Waals surface area contributed by atoms with Gasteiger partial charge in [-0.1, -0.05) is 30.3 Å². The molecule has 5 heteroatoms. The molecule has 0 bridgehead atoms. The van der Waals surface area contributed by atoms with Crippen LogP contribution in [0, 0.1) is 31.1 Å². The van der Waals surface area contributed by atoms with Gasteiger partial charge < -0.3 is 10.4 Å². The fourth-order valence-electron chi connectivity index (χ4n) is 2.26. The van der Waals surface area contributed by atoms with Crippen molar-refractivity contribution in [2.24, 2.45) is 5.92 Å². The van der Waals surface area contributed by atoms with Crippen molar-refractivity contribution in [3.05, 3.63) is 52.7 Å². The van der Waals surface area contributed by atoms with Crippen LogP contribution in [0.2, 0.25) is 0 Å². The van der Waals surface area contributed by atoms with Crippen LogP contribution in [-0.4, -0.2) is 28.5 Å². The van der Waals surface area contributed by atoms with Gasteiger partial charge in [0.15, 0.2) is 5.82 Å². The lowest BCUT2D eigenvalue weighted by Gasteiger charge is -2.16. The second-order valence-electron chi connectivity index (χ2n) is 5.37. The fourth-order valence-corrected chi connectivity index (χ4v) is 2.26. The van der Waals surface area contributed by atoms with Gasteiger partial charge in [0, 0.05) is 19.1 Å². The highest BCUT2D eigenvalue weighted by atomic mass is 16.3. The Morgan fingerprint density at radius 1 is 1.23 bits per heavy atom. The first kappa shape index (κ1) is 15.9. The summed E-state index contributed by atoms with van der Waals surface area (Å²) in [4.78, 5) is 0. The van der Waals surface area contributed by atoms with E-state index in [0.29, 0.717) is 17.9 Å². The summed E-state index contributed by atoms with van der Waals surface area (Å²) in [6, 6.07) is 12.2. The molecular formula is C17H20N4O. The van der Waals surface area contributed by atoms with Crippen molar-refractivity contribution in [1.29, 1.82) is 5.26 Å². The van der Waals surface area contributed by atoms with Crippen molar-refractivity contribution >= 4 is 5.82 Å². The van der Waals surface area contributed by atoms with Crippen LogP contribution < -0.4 is 5.32 Å². The second-order valence-corrected chi connectivity index (χ2v) is 5.37. The number of nitrogens with zero attached hydrogens (tertiary/aromatic N) is 3. The molecule has 0 aliphatic carbocycles. The Kier molecular flexibility index (Phi) is 5.45. The van der Waals surface area contributed by atoms with Gasteiger partial charge in [-0.05, 0) is 31.4 Å². The minimum Gasteiger partial charge on any atom is -0.396 e. The lowest BCUT2D eigenvalue weighted by molar-refractivity contribution is 0.232. The molecule has 0 spiro atoms. The lowest BCUT2D eigenvalue weighted by atomic mass is 10.00. The fraction of sp³-hybridized carbons (Fsp3) is 0.353. The van der Waals surface area contributed by atoms with E-state index in [0.717, 1.165) is 17.7 Å². The molecule has 1 atom stereocenters. The molecule has 0 saturated heterocycles. The molecule has 0 amide bonds. The lowest BCUT2D eigenvalue weighted by Crippen LogP contribution is -2.21. The number of anilines is 1. The van der Waals surface area contributed by atoms with Crippen molar-refractivity contribution in [3.63, 3.8) is 0 Å². The number of nitrogens with one attached hydrogen (secondary N) is 1. The molecule has 0 radical (unpaired) electrons. The van der Waals surface area contributed by atoms with Gasteiger partial charge in [-0.15, -0.1) is 5.10 Å². The molecular weight excluding hydrogens is 276 g/mol. The molecule has 1 aromatic heterocycles. The van der Waals surface area contributed by atoms with E-state index in [2.05, 4.69) is 21.6 Å². The molecule has 0 aliphatic rings. The zero-order valence-electron chi connectivity index (χ0n) is 12.9. The molecule has 5 nitrogen and oxygen atoms in total. The molecule has 2 N–H and O–H groups in total. The molecule has 2 rings (SSSR count). The summed E-state index contributed by atoms with van der Waals surface area (Å²) in [5.41, 5.74) is 3.28. The largest absolute Gasteiger partial charge is 0.396 e. The van der Waals surface area contributed by atoms with E-state index in [9.17, 15) is 10.4 Å². The van der Waals surface area contributed by atoms with Gasteiger partial charge in [-0.25, -0.2) is 0 Å². The van der Waals surface area contributed by atoms with Gasteiger partial charge in [0.2, 0.25) is 0 Å².